The second-order valence-corrected chi connectivity index (χ2v) is 3.52. The number of hydrogen-bond acceptors (Lipinski definition) is 4. The Balaban J connectivity index is 2.97. The molecule has 12 heavy (non-hydrogen) atoms. The van der Waals surface area contributed by atoms with Crippen molar-refractivity contribution in [3.8, 4) is 5.88 Å². The molecule has 68 valence electrons. The van der Waals surface area contributed by atoms with Gasteiger partial charge in [-0.2, -0.15) is 13.6 Å². The molecule has 7 heteroatoms. The molecule has 0 aliphatic rings. The molecular weight excluding hydrogens is 182 g/mol. The average molecular weight is 191 g/mol. The monoisotopic (exact) mass is 191 g/mol. The van der Waals surface area contributed by atoms with E-state index in [1.165, 1.54) is 4.68 Å². The molecule has 6 nitrogen and oxygen atoms in total. The highest BCUT2D eigenvalue weighted by Gasteiger charge is 2.10. The van der Waals surface area contributed by atoms with Gasteiger partial charge in [0.2, 0.25) is 0 Å². The van der Waals surface area contributed by atoms with Crippen molar-refractivity contribution in [2.45, 2.75) is 6.92 Å². The predicted molar refractivity (Wildman–Crippen MR) is 41.7 cm³/mol. The fourth-order valence-corrected chi connectivity index (χ4v) is 1.16. The van der Waals surface area contributed by atoms with Gasteiger partial charge in [0.1, 0.15) is 0 Å². The van der Waals surface area contributed by atoms with Crippen LogP contribution in [0, 0.1) is 6.92 Å². The fourth-order valence-electron chi connectivity index (χ4n) is 0.779. The van der Waals surface area contributed by atoms with E-state index < -0.39 is 10.3 Å². The lowest BCUT2D eigenvalue weighted by atomic mass is 10.4. The Morgan fingerprint density at radius 3 is 2.58 bits per heavy atom. The highest BCUT2D eigenvalue weighted by molar-refractivity contribution is 7.84. The Bertz CT molecular complexity index is 381. The summed E-state index contributed by atoms with van der Waals surface area (Å²) >= 11 is 0. The van der Waals surface area contributed by atoms with Crippen LogP contribution in [0.5, 0.6) is 5.88 Å². The van der Waals surface area contributed by atoms with E-state index in [4.69, 9.17) is 0 Å². The largest absolute Gasteiger partial charge is 0.381 e. The van der Waals surface area contributed by atoms with Gasteiger partial charge in [-0.05, 0) is 6.92 Å². The first-order chi connectivity index (χ1) is 5.38. The van der Waals surface area contributed by atoms with Crippen molar-refractivity contribution in [3.63, 3.8) is 0 Å². The highest BCUT2D eigenvalue weighted by Crippen LogP contribution is 2.13. The van der Waals surface area contributed by atoms with E-state index in [2.05, 4.69) is 14.4 Å². The van der Waals surface area contributed by atoms with Gasteiger partial charge in [0, 0.05) is 18.8 Å². The van der Waals surface area contributed by atoms with E-state index >= 15 is 0 Å². The van der Waals surface area contributed by atoms with Crippen LogP contribution in [-0.4, -0.2) is 18.2 Å². The minimum Gasteiger partial charge on any atom is -0.348 e. The Hall–Kier alpha value is -1.08. The smallest absolute Gasteiger partial charge is 0.348 e. The maximum atomic E-state index is 10.5. The minimum atomic E-state index is -3.96. The number of aryl methyl sites for hydroxylation is 2. The zero-order chi connectivity index (χ0) is 9.35. The fraction of sp³-hybridized carbons (Fsp3) is 0.400. The average Bonchev–Trinajstić information content (AvgIpc) is 2.06. The van der Waals surface area contributed by atoms with Crippen molar-refractivity contribution < 1.29 is 12.6 Å². The number of rotatable bonds is 2. The quantitative estimate of drug-likeness (QED) is 0.670. The summed E-state index contributed by atoms with van der Waals surface area (Å²) in [6.45, 7) is 1.67. The molecule has 1 aromatic heterocycles. The molecule has 0 fully saturated rings. The summed E-state index contributed by atoms with van der Waals surface area (Å²) in [5.74, 6) is 0.0139. The maximum Gasteiger partial charge on any atom is 0.381 e. The molecule has 0 radical (unpaired) electrons. The molecule has 0 amide bonds. The van der Waals surface area contributed by atoms with Crippen LogP contribution in [0.1, 0.15) is 5.56 Å². The predicted octanol–water partition coefficient (Wildman–Crippen LogP) is -0.689. The minimum absolute atomic E-state index is 0.0139. The second-order valence-electron chi connectivity index (χ2n) is 2.37. The molecule has 1 aromatic rings. The third-order valence-electron chi connectivity index (χ3n) is 1.16. The number of hydrogen-bond donors (Lipinski definition) is 1. The molecule has 1 rings (SSSR count). The maximum absolute atomic E-state index is 10.5. The van der Waals surface area contributed by atoms with Gasteiger partial charge in [-0.25, -0.2) is 0 Å². The molecule has 0 bridgehead atoms. The standard InChI is InChI=1S/C5H9N3O3S/c1-4-3-8(2)7-5(4)11-12(6,9)10/h3H,1-2H3,(H2,6,9,10). The molecule has 0 aliphatic heterocycles. The van der Waals surface area contributed by atoms with Gasteiger partial charge in [-0.3, -0.25) is 4.68 Å². The van der Waals surface area contributed by atoms with Crippen molar-refractivity contribution in [1.29, 1.82) is 0 Å². The van der Waals surface area contributed by atoms with Crippen LogP contribution in [0.4, 0.5) is 0 Å². The van der Waals surface area contributed by atoms with Crippen LogP contribution in [0.2, 0.25) is 0 Å². The molecular formula is C5H9N3O3S. The summed E-state index contributed by atoms with van der Waals surface area (Å²) in [4.78, 5) is 0. The second kappa shape index (κ2) is 2.76. The lowest BCUT2D eigenvalue weighted by Gasteiger charge is -1.97. The summed E-state index contributed by atoms with van der Waals surface area (Å²) in [5.41, 5.74) is 0.617. The van der Waals surface area contributed by atoms with Gasteiger partial charge in [0.15, 0.2) is 0 Å². The zero-order valence-corrected chi connectivity index (χ0v) is 7.50. The van der Waals surface area contributed by atoms with Gasteiger partial charge in [-0.15, -0.1) is 5.10 Å². The topological polar surface area (TPSA) is 87.2 Å². The van der Waals surface area contributed by atoms with E-state index in [0.717, 1.165) is 0 Å². The lowest BCUT2D eigenvalue weighted by molar-refractivity contribution is 0.470. The summed E-state index contributed by atoms with van der Waals surface area (Å²) < 4.78 is 26.7. The molecule has 1 heterocycles. The Morgan fingerprint density at radius 2 is 2.25 bits per heavy atom. The molecule has 0 unspecified atom stereocenters. The zero-order valence-electron chi connectivity index (χ0n) is 6.68. The van der Waals surface area contributed by atoms with E-state index in [1.54, 1.807) is 20.2 Å². The molecule has 0 saturated heterocycles. The first-order valence-electron chi connectivity index (χ1n) is 3.11. The van der Waals surface area contributed by atoms with Crippen molar-refractivity contribution in [2.75, 3.05) is 0 Å². The van der Waals surface area contributed by atoms with Gasteiger partial charge in [0.25, 0.3) is 5.88 Å². The van der Waals surface area contributed by atoms with E-state index in [9.17, 15) is 8.42 Å². The van der Waals surface area contributed by atoms with Crippen LogP contribution in [0.25, 0.3) is 0 Å². The molecule has 0 spiro atoms. The summed E-state index contributed by atoms with van der Waals surface area (Å²) in [7, 11) is -2.31. The number of aromatic nitrogens is 2. The van der Waals surface area contributed by atoms with Crippen molar-refractivity contribution in [3.05, 3.63) is 11.8 Å². The highest BCUT2D eigenvalue weighted by atomic mass is 32.2. The Morgan fingerprint density at radius 1 is 1.67 bits per heavy atom. The van der Waals surface area contributed by atoms with Crippen molar-refractivity contribution in [1.82, 2.24) is 9.78 Å². The molecule has 0 aromatic carbocycles. The van der Waals surface area contributed by atoms with Gasteiger partial charge in [0.05, 0.1) is 0 Å². The molecule has 0 atom stereocenters. The molecule has 0 aliphatic carbocycles. The van der Waals surface area contributed by atoms with E-state index in [-0.39, 0.29) is 5.88 Å². The van der Waals surface area contributed by atoms with Gasteiger partial charge >= 0.3 is 10.3 Å². The third-order valence-corrected chi connectivity index (χ3v) is 1.55. The van der Waals surface area contributed by atoms with Crippen LogP contribution < -0.4 is 9.32 Å². The number of nitrogens with two attached hydrogens (primary N) is 1. The third kappa shape index (κ3) is 2.21. The SMILES string of the molecule is Cc1cn(C)nc1OS(N)(=O)=O. The van der Waals surface area contributed by atoms with Crippen LogP contribution >= 0.6 is 0 Å². The van der Waals surface area contributed by atoms with Crippen molar-refractivity contribution >= 4 is 10.3 Å². The molecule has 0 saturated carbocycles. The first-order valence-corrected chi connectivity index (χ1v) is 4.58. The van der Waals surface area contributed by atoms with E-state index in [1.807, 2.05) is 0 Å². The Labute approximate surface area is 70.2 Å². The first kappa shape index (κ1) is 9.01. The van der Waals surface area contributed by atoms with Crippen molar-refractivity contribution in [2.24, 2.45) is 12.2 Å². The molecule has 2 N–H and O–H groups in total. The van der Waals surface area contributed by atoms with Gasteiger partial charge < -0.3 is 4.18 Å². The summed E-state index contributed by atoms with van der Waals surface area (Å²) in [6, 6.07) is 0. The summed E-state index contributed by atoms with van der Waals surface area (Å²) in [6.07, 6.45) is 1.63. The van der Waals surface area contributed by atoms with Gasteiger partial charge in [-0.1, -0.05) is 0 Å². The summed E-state index contributed by atoms with van der Waals surface area (Å²) in [5, 5.41) is 8.38. The van der Waals surface area contributed by atoms with Crippen LogP contribution in [0.15, 0.2) is 6.20 Å². The normalized spacial score (nSPS) is 11.6. The lowest BCUT2D eigenvalue weighted by Crippen LogP contribution is -2.19. The Kier molecular flexibility index (Phi) is 2.07. The van der Waals surface area contributed by atoms with E-state index in [0.29, 0.717) is 5.56 Å². The van der Waals surface area contributed by atoms with Crippen LogP contribution in [-0.2, 0) is 17.4 Å². The van der Waals surface area contributed by atoms with Crippen LogP contribution in [0.3, 0.4) is 0 Å². The number of nitrogens with zero attached hydrogens (tertiary/aromatic N) is 2.